The van der Waals surface area contributed by atoms with Crippen molar-refractivity contribution < 1.29 is 9.90 Å². The van der Waals surface area contributed by atoms with E-state index >= 15 is 0 Å². The number of carboxylic acid groups (broad SMARTS) is 1. The third-order valence-electron chi connectivity index (χ3n) is 2.09. The van der Waals surface area contributed by atoms with Crippen LogP contribution in [0, 0.1) is 6.92 Å². The van der Waals surface area contributed by atoms with E-state index in [1.807, 2.05) is 25.1 Å². The highest BCUT2D eigenvalue weighted by Gasteiger charge is 2.05. The molecule has 1 aromatic carbocycles. The normalized spacial score (nSPS) is 10.7. The van der Waals surface area contributed by atoms with Gasteiger partial charge in [0.15, 0.2) is 0 Å². The molecule has 0 atom stereocenters. The van der Waals surface area contributed by atoms with E-state index in [4.69, 9.17) is 5.11 Å². The zero-order chi connectivity index (χ0) is 11.4. The molecular weight excluding hydrogens is 258 g/mol. The molecule has 0 saturated carbocycles. The molecule has 0 bridgehead atoms. The van der Waals surface area contributed by atoms with Gasteiger partial charge in [-0.2, -0.15) is 0 Å². The largest absolute Gasteiger partial charge is 0.480 e. The summed E-state index contributed by atoms with van der Waals surface area (Å²) in [4.78, 5) is 12.2. The number of hydrogen-bond donors (Lipinski definition) is 1. The third-order valence-corrected chi connectivity index (χ3v) is 2.95. The Labute approximate surface area is 97.8 Å². The van der Waals surface area contributed by atoms with Gasteiger partial charge in [0, 0.05) is 11.0 Å². The van der Waals surface area contributed by atoms with Crippen molar-refractivity contribution in [2.75, 3.05) is 13.6 Å². The summed E-state index contributed by atoms with van der Waals surface area (Å²) in [5.74, 6) is -0.802. The Balaban J connectivity index is 2.64. The van der Waals surface area contributed by atoms with Crippen molar-refractivity contribution in [1.29, 1.82) is 0 Å². The molecule has 15 heavy (non-hydrogen) atoms. The second kappa shape index (κ2) is 5.28. The molecule has 1 aromatic rings. The molecule has 0 unspecified atom stereocenters. The Morgan fingerprint density at radius 3 is 2.73 bits per heavy atom. The first-order valence-corrected chi connectivity index (χ1v) is 5.43. The number of carbonyl (C=O) groups is 1. The summed E-state index contributed by atoms with van der Waals surface area (Å²) in [7, 11) is 1.79. The summed E-state index contributed by atoms with van der Waals surface area (Å²) in [6.45, 7) is 2.73. The van der Waals surface area contributed by atoms with Crippen molar-refractivity contribution in [1.82, 2.24) is 4.90 Å². The van der Waals surface area contributed by atoms with E-state index in [2.05, 4.69) is 15.9 Å². The number of nitrogens with zero attached hydrogens (tertiary/aromatic N) is 1. The van der Waals surface area contributed by atoms with Crippen LogP contribution in [0.25, 0.3) is 0 Å². The number of aryl methyl sites for hydroxylation is 1. The molecule has 0 amide bonds. The molecular formula is C11H14BrNO2. The summed E-state index contributed by atoms with van der Waals surface area (Å²) in [6.07, 6.45) is 0. The van der Waals surface area contributed by atoms with Gasteiger partial charge in [-0.1, -0.05) is 28.1 Å². The van der Waals surface area contributed by atoms with Crippen LogP contribution in [0.1, 0.15) is 11.1 Å². The maximum atomic E-state index is 10.5. The van der Waals surface area contributed by atoms with Crippen molar-refractivity contribution in [2.45, 2.75) is 13.5 Å². The summed E-state index contributed by atoms with van der Waals surface area (Å²) in [5, 5.41) is 8.61. The predicted molar refractivity (Wildman–Crippen MR) is 62.8 cm³/mol. The van der Waals surface area contributed by atoms with Crippen LogP contribution in [0.4, 0.5) is 0 Å². The summed E-state index contributed by atoms with van der Waals surface area (Å²) >= 11 is 3.45. The fourth-order valence-corrected chi connectivity index (χ4v) is 1.76. The van der Waals surface area contributed by atoms with Crippen LogP contribution in [-0.4, -0.2) is 29.6 Å². The highest BCUT2D eigenvalue weighted by Crippen LogP contribution is 2.18. The van der Waals surface area contributed by atoms with Crippen molar-refractivity contribution in [3.05, 3.63) is 33.8 Å². The molecule has 0 saturated heterocycles. The average molecular weight is 272 g/mol. The monoisotopic (exact) mass is 271 g/mol. The van der Waals surface area contributed by atoms with E-state index in [-0.39, 0.29) is 6.54 Å². The van der Waals surface area contributed by atoms with Crippen LogP contribution in [0.15, 0.2) is 22.7 Å². The smallest absolute Gasteiger partial charge is 0.317 e. The first kappa shape index (κ1) is 12.2. The van der Waals surface area contributed by atoms with Crippen molar-refractivity contribution in [2.24, 2.45) is 0 Å². The average Bonchev–Trinajstić information content (AvgIpc) is 2.10. The zero-order valence-electron chi connectivity index (χ0n) is 8.83. The Morgan fingerprint density at radius 2 is 2.20 bits per heavy atom. The van der Waals surface area contributed by atoms with Crippen LogP contribution < -0.4 is 0 Å². The molecule has 0 fully saturated rings. The molecule has 0 spiro atoms. The number of carboxylic acids is 1. The highest BCUT2D eigenvalue weighted by molar-refractivity contribution is 9.10. The molecule has 0 aliphatic heterocycles. The lowest BCUT2D eigenvalue weighted by Crippen LogP contribution is -2.25. The molecule has 0 aliphatic rings. The first-order valence-electron chi connectivity index (χ1n) is 4.64. The minimum Gasteiger partial charge on any atom is -0.480 e. The fourth-order valence-electron chi connectivity index (χ4n) is 1.33. The van der Waals surface area contributed by atoms with Gasteiger partial charge >= 0.3 is 5.97 Å². The number of likely N-dealkylation sites (N-methyl/N-ethyl adjacent to an activating group) is 1. The van der Waals surface area contributed by atoms with E-state index in [0.717, 1.165) is 10.0 Å². The Hall–Kier alpha value is -0.870. The van der Waals surface area contributed by atoms with Gasteiger partial charge < -0.3 is 5.11 Å². The number of benzene rings is 1. The van der Waals surface area contributed by atoms with Crippen LogP contribution in [0.2, 0.25) is 0 Å². The summed E-state index contributed by atoms with van der Waals surface area (Å²) in [6, 6.07) is 6.06. The molecule has 3 nitrogen and oxygen atoms in total. The standard InChI is InChI=1S/C11H14BrNO2/c1-8-3-4-9(5-10(8)12)6-13(2)7-11(14)15/h3-5H,6-7H2,1-2H3,(H,14,15). The van der Waals surface area contributed by atoms with Crippen LogP contribution in [-0.2, 0) is 11.3 Å². The second-order valence-electron chi connectivity index (χ2n) is 3.65. The molecule has 0 aromatic heterocycles. The summed E-state index contributed by atoms with van der Waals surface area (Å²) in [5.41, 5.74) is 2.29. The minimum absolute atomic E-state index is 0.0610. The van der Waals surface area contributed by atoms with E-state index < -0.39 is 5.97 Å². The Morgan fingerprint density at radius 1 is 1.53 bits per heavy atom. The van der Waals surface area contributed by atoms with Gasteiger partial charge in [0.25, 0.3) is 0 Å². The lowest BCUT2D eigenvalue weighted by atomic mass is 10.1. The zero-order valence-corrected chi connectivity index (χ0v) is 10.4. The number of aliphatic carboxylic acids is 1. The lowest BCUT2D eigenvalue weighted by Gasteiger charge is -2.14. The van der Waals surface area contributed by atoms with Gasteiger partial charge in [-0.3, -0.25) is 9.69 Å². The van der Waals surface area contributed by atoms with Crippen molar-refractivity contribution in [3.8, 4) is 0 Å². The van der Waals surface area contributed by atoms with E-state index in [1.54, 1.807) is 11.9 Å². The number of rotatable bonds is 4. The van der Waals surface area contributed by atoms with Gasteiger partial charge in [0.2, 0.25) is 0 Å². The maximum Gasteiger partial charge on any atom is 0.317 e. The quantitative estimate of drug-likeness (QED) is 0.914. The topological polar surface area (TPSA) is 40.5 Å². The molecule has 0 aliphatic carbocycles. The van der Waals surface area contributed by atoms with Crippen LogP contribution >= 0.6 is 15.9 Å². The molecule has 0 heterocycles. The molecule has 1 rings (SSSR count). The van der Waals surface area contributed by atoms with Gasteiger partial charge in [0.1, 0.15) is 0 Å². The molecule has 82 valence electrons. The van der Waals surface area contributed by atoms with Crippen molar-refractivity contribution in [3.63, 3.8) is 0 Å². The highest BCUT2D eigenvalue weighted by atomic mass is 79.9. The Bertz CT molecular complexity index is 366. The SMILES string of the molecule is Cc1ccc(CN(C)CC(=O)O)cc1Br. The molecule has 4 heteroatoms. The first-order chi connectivity index (χ1) is 6.99. The lowest BCUT2D eigenvalue weighted by molar-refractivity contribution is -0.138. The van der Waals surface area contributed by atoms with Crippen molar-refractivity contribution >= 4 is 21.9 Å². The van der Waals surface area contributed by atoms with Crippen LogP contribution in [0.3, 0.4) is 0 Å². The maximum absolute atomic E-state index is 10.5. The number of hydrogen-bond acceptors (Lipinski definition) is 2. The second-order valence-corrected chi connectivity index (χ2v) is 4.50. The van der Waals surface area contributed by atoms with Crippen LogP contribution in [0.5, 0.6) is 0 Å². The van der Waals surface area contributed by atoms with E-state index in [1.165, 1.54) is 5.56 Å². The number of halogens is 1. The van der Waals surface area contributed by atoms with Gasteiger partial charge in [0.05, 0.1) is 6.54 Å². The Kier molecular flexibility index (Phi) is 4.29. The van der Waals surface area contributed by atoms with Gasteiger partial charge in [-0.25, -0.2) is 0 Å². The molecule has 1 N–H and O–H groups in total. The van der Waals surface area contributed by atoms with E-state index in [0.29, 0.717) is 6.54 Å². The minimum atomic E-state index is -0.802. The molecule has 0 radical (unpaired) electrons. The van der Waals surface area contributed by atoms with Gasteiger partial charge in [-0.05, 0) is 31.2 Å². The fraction of sp³-hybridized carbons (Fsp3) is 0.364. The third kappa shape index (κ3) is 4.01. The summed E-state index contributed by atoms with van der Waals surface area (Å²) < 4.78 is 1.06. The van der Waals surface area contributed by atoms with Gasteiger partial charge in [-0.15, -0.1) is 0 Å². The van der Waals surface area contributed by atoms with E-state index in [9.17, 15) is 4.79 Å². The predicted octanol–water partition coefficient (Wildman–Crippen LogP) is 2.27.